The summed E-state index contributed by atoms with van der Waals surface area (Å²) in [6, 6.07) is 5.33. The van der Waals surface area contributed by atoms with Crippen molar-refractivity contribution in [3.05, 3.63) is 33.3 Å². The smallest absolute Gasteiger partial charge is 0.255 e. The SMILES string of the molecule is O=C(c1cc(Cl)ccc1Br)N1CCCC(CBr)C1. The molecule has 1 aliphatic rings. The van der Waals surface area contributed by atoms with Gasteiger partial charge in [0.05, 0.1) is 5.56 Å². The lowest BCUT2D eigenvalue weighted by molar-refractivity contribution is 0.0685. The van der Waals surface area contributed by atoms with Gasteiger partial charge < -0.3 is 4.90 Å². The Hall–Kier alpha value is -0.0600. The Labute approximate surface area is 129 Å². The first kappa shape index (κ1) is 14.4. The molecule has 1 aromatic rings. The predicted octanol–water partition coefficient (Wildman–Crippen LogP) is 4.35. The maximum atomic E-state index is 12.5. The van der Waals surface area contributed by atoms with Crippen LogP contribution < -0.4 is 0 Å². The lowest BCUT2D eigenvalue weighted by atomic mass is 9.99. The maximum absolute atomic E-state index is 12.5. The van der Waals surface area contributed by atoms with E-state index in [4.69, 9.17) is 11.6 Å². The molecular formula is C13H14Br2ClNO. The van der Waals surface area contributed by atoms with Gasteiger partial charge in [-0.25, -0.2) is 0 Å². The highest BCUT2D eigenvalue weighted by atomic mass is 79.9. The third kappa shape index (κ3) is 3.28. The van der Waals surface area contributed by atoms with Gasteiger partial charge in [-0.05, 0) is 52.9 Å². The van der Waals surface area contributed by atoms with E-state index in [0.29, 0.717) is 16.5 Å². The van der Waals surface area contributed by atoms with Crippen LogP contribution in [0, 0.1) is 5.92 Å². The van der Waals surface area contributed by atoms with Crippen LogP contribution in [0.25, 0.3) is 0 Å². The molecule has 1 aliphatic heterocycles. The molecule has 1 fully saturated rings. The summed E-state index contributed by atoms with van der Waals surface area (Å²) in [5.74, 6) is 0.621. The summed E-state index contributed by atoms with van der Waals surface area (Å²) < 4.78 is 0.804. The number of benzene rings is 1. The molecule has 18 heavy (non-hydrogen) atoms. The molecule has 0 bridgehead atoms. The highest BCUT2D eigenvalue weighted by Crippen LogP contribution is 2.25. The van der Waals surface area contributed by atoms with Crippen molar-refractivity contribution in [2.24, 2.45) is 5.92 Å². The summed E-state index contributed by atoms with van der Waals surface area (Å²) in [6.45, 7) is 1.66. The van der Waals surface area contributed by atoms with Crippen LogP contribution in [0.15, 0.2) is 22.7 Å². The highest BCUT2D eigenvalue weighted by molar-refractivity contribution is 9.10. The Morgan fingerprint density at radius 3 is 3.00 bits per heavy atom. The molecule has 2 nitrogen and oxygen atoms in total. The lowest BCUT2D eigenvalue weighted by Crippen LogP contribution is -2.40. The normalized spacial score (nSPS) is 19.9. The summed E-state index contributed by atoms with van der Waals surface area (Å²) >= 11 is 12.9. The fourth-order valence-electron chi connectivity index (χ4n) is 2.21. The number of halogens is 3. The summed E-state index contributed by atoms with van der Waals surface area (Å²) in [7, 11) is 0. The van der Waals surface area contributed by atoms with Crippen LogP contribution in [-0.4, -0.2) is 29.2 Å². The maximum Gasteiger partial charge on any atom is 0.255 e. The number of nitrogens with zero attached hydrogens (tertiary/aromatic N) is 1. The average Bonchev–Trinajstić information content (AvgIpc) is 2.41. The number of carbonyl (C=O) groups excluding carboxylic acids is 1. The molecule has 0 spiro atoms. The molecule has 1 unspecified atom stereocenters. The van der Waals surface area contributed by atoms with Crippen LogP contribution in [0.5, 0.6) is 0 Å². The first-order chi connectivity index (χ1) is 8.61. The third-order valence-electron chi connectivity index (χ3n) is 3.18. The van der Waals surface area contributed by atoms with Crippen molar-refractivity contribution in [3.63, 3.8) is 0 Å². The van der Waals surface area contributed by atoms with E-state index in [-0.39, 0.29) is 5.91 Å². The minimum Gasteiger partial charge on any atom is -0.338 e. The standard InChI is InChI=1S/C13H14Br2ClNO/c14-7-9-2-1-5-17(8-9)13(18)11-6-10(16)3-4-12(11)15/h3-4,6,9H,1-2,5,7-8H2. The zero-order valence-corrected chi connectivity index (χ0v) is 13.8. The monoisotopic (exact) mass is 393 g/mol. The molecule has 0 N–H and O–H groups in total. The van der Waals surface area contributed by atoms with E-state index in [1.54, 1.807) is 12.1 Å². The van der Waals surface area contributed by atoms with Gasteiger partial charge in [-0.3, -0.25) is 4.79 Å². The molecule has 1 amide bonds. The minimum absolute atomic E-state index is 0.0648. The van der Waals surface area contributed by atoms with Crippen LogP contribution in [0.3, 0.4) is 0 Å². The molecule has 0 aromatic heterocycles. The van der Waals surface area contributed by atoms with Crippen LogP contribution in [-0.2, 0) is 0 Å². The first-order valence-electron chi connectivity index (χ1n) is 5.92. The van der Waals surface area contributed by atoms with Gasteiger partial charge in [0.1, 0.15) is 0 Å². The highest BCUT2D eigenvalue weighted by Gasteiger charge is 2.25. The predicted molar refractivity (Wildman–Crippen MR) is 81.6 cm³/mol. The number of hydrogen-bond acceptors (Lipinski definition) is 1. The number of piperidine rings is 1. The van der Waals surface area contributed by atoms with Crippen molar-refractivity contribution >= 4 is 49.4 Å². The second-order valence-corrected chi connectivity index (χ2v) is 6.48. The molecule has 2 rings (SSSR count). The van der Waals surface area contributed by atoms with Crippen LogP contribution in [0.1, 0.15) is 23.2 Å². The summed E-state index contributed by atoms with van der Waals surface area (Å²) in [6.07, 6.45) is 2.26. The fourth-order valence-corrected chi connectivity index (χ4v) is 3.32. The molecular weight excluding hydrogens is 381 g/mol. The van der Waals surface area contributed by atoms with Gasteiger partial charge in [0, 0.05) is 27.9 Å². The Kier molecular flexibility index (Phi) is 5.10. The molecule has 1 atom stereocenters. The quantitative estimate of drug-likeness (QED) is 0.682. The van der Waals surface area contributed by atoms with Crippen molar-refractivity contribution in [1.29, 1.82) is 0 Å². The topological polar surface area (TPSA) is 20.3 Å². The largest absolute Gasteiger partial charge is 0.338 e. The molecule has 1 aromatic carbocycles. The molecule has 0 aliphatic carbocycles. The van der Waals surface area contributed by atoms with E-state index < -0.39 is 0 Å². The van der Waals surface area contributed by atoms with Gasteiger partial charge in [-0.2, -0.15) is 0 Å². The van der Waals surface area contributed by atoms with E-state index in [9.17, 15) is 4.79 Å². The molecule has 1 saturated heterocycles. The van der Waals surface area contributed by atoms with Gasteiger partial charge >= 0.3 is 0 Å². The van der Waals surface area contributed by atoms with E-state index in [2.05, 4.69) is 31.9 Å². The summed E-state index contributed by atoms with van der Waals surface area (Å²) in [5, 5.41) is 1.55. The minimum atomic E-state index is 0.0648. The average molecular weight is 396 g/mol. The number of likely N-dealkylation sites (tertiary alicyclic amines) is 1. The van der Waals surface area contributed by atoms with Gasteiger partial charge in [0.25, 0.3) is 5.91 Å². The second-order valence-electron chi connectivity index (χ2n) is 4.54. The Morgan fingerprint density at radius 2 is 2.28 bits per heavy atom. The number of amides is 1. The second kappa shape index (κ2) is 6.40. The number of hydrogen-bond donors (Lipinski definition) is 0. The van der Waals surface area contributed by atoms with Crippen LogP contribution >= 0.6 is 43.5 Å². The third-order valence-corrected chi connectivity index (χ3v) is 5.03. The van der Waals surface area contributed by atoms with Crippen LogP contribution in [0.4, 0.5) is 0 Å². The molecule has 5 heteroatoms. The van der Waals surface area contributed by atoms with E-state index in [0.717, 1.165) is 29.3 Å². The number of rotatable bonds is 2. The van der Waals surface area contributed by atoms with Crippen molar-refractivity contribution in [3.8, 4) is 0 Å². The Bertz CT molecular complexity index is 453. The molecule has 98 valence electrons. The van der Waals surface area contributed by atoms with Gasteiger partial charge in [-0.1, -0.05) is 27.5 Å². The van der Waals surface area contributed by atoms with E-state index in [1.165, 1.54) is 6.42 Å². The van der Waals surface area contributed by atoms with Gasteiger partial charge in [0.15, 0.2) is 0 Å². The zero-order valence-electron chi connectivity index (χ0n) is 9.83. The van der Waals surface area contributed by atoms with Gasteiger partial charge in [0.2, 0.25) is 0 Å². The Morgan fingerprint density at radius 1 is 1.50 bits per heavy atom. The van der Waals surface area contributed by atoms with Crippen molar-refractivity contribution in [2.45, 2.75) is 12.8 Å². The van der Waals surface area contributed by atoms with E-state index >= 15 is 0 Å². The van der Waals surface area contributed by atoms with Crippen molar-refractivity contribution in [2.75, 3.05) is 18.4 Å². The number of alkyl halides is 1. The summed E-state index contributed by atoms with van der Waals surface area (Å²) in [5.41, 5.74) is 0.651. The summed E-state index contributed by atoms with van der Waals surface area (Å²) in [4.78, 5) is 14.4. The molecule has 0 radical (unpaired) electrons. The Balaban J connectivity index is 2.17. The molecule has 1 heterocycles. The lowest BCUT2D eigenvalue weighted by Gasteiger charge is -2.32. The number of carbonyl (C=O) groups is 1. The van der Waals surface area contributed by atoms with E-state index in [1.807, 2.05) is 11.0 Å². The molecule has 0 saturated carbocycles. The van der Waals surface area contributed by atoms with Crippen molar-refractivity contribution < 1.29 is 4.79 Å². The van der Waals surface area contributed by atoms with Gasteiger partial charge in [-0.15, -0.1) is 0 Å². The first-order valence-corrected chi connectivity index (χ1v) is 8.21. The zero-order chi connectivity index (χ0) is 13.1. The fraction of sp³-hybridized carbons (Fsp3) is 0.462. The van der Waals surface area contributed by atoms with Crippen LogP contribution in [0.2, 0.25) is 5.02 Å². The van der Waals surface area contributed by atoms with Crippen molar-refractivity contribution in [1.82, 2.24) is 4.90 Å².